The number of nitrogens with one attached hydrogen (secondary N) is 1. The van der Waals surface area contributed by atoms with Gasteiger partial charge in [0.15, 0.2) is 0 Å². The predicted octanol–water partition coefficient (Wildman–Crippen LogP) is 1.76. The van der Waals surface area contributed by atoms with Gasteiger partial charge in [-0.15, -0.1) is 0 Å². The number of amides is 1. The van der Waals surface area contributed by atoms with Crippen molar-refractivity contribution in [3.8, 4) is 0 Å². The van der Waals surface area contributed by atoms with Crippen LogP contribution in [-0.2, 0) is 14.3 Å². The number of hydrogen-bond donors (Lipinski definition) is 1. The van der Waals surface area contributed by atoms with Crippen molar-refractivity contribution in [2.45, 2.75) is 13.0 Å². The molecule has 1 aromatic carbocycles. The number of halogens is 2. The lowest BCUT2D eigenvalue weighted by Crippen LogP contribution is -2.30. The van der Waals surface area contributed by atoms with Gasteiger partial charge >= 0.3 is 0 Å². The fourth-order valence-electron chi connectivity index (χ4n) is 1.49. The summed E-state index contributed by atoms with van der Waals surface area (Å²) in [5.74, 6) is -1.73. The van der Waals surface area contributed by atoms with Crippen LogP contribution in [0.5, 0.6) is 0 Å². The van der Waals surface area contributed by atoms with Crippen molar-refractivity contribution in [2.75, 3.05) is 20.5 Å². The van der Waals surface area contributed by atoms with E-state index < -0.39 is 17.7 Å². The van der Waals surface area contributed by atoms with Gasteiger partial charge in [0.1, 0.15) is 18.4 Å². The Morgan fingerprint density at radius 2 is 2.17 bits per heavy atom. The van der Waals surface area contributed by atoms with Gasteiger partial charge in [-0.25, -0.2) is 8.78 Å². The van der Waals surface area contributed by atoms with Crippen molar-refractivity contribution in [1.29, 1.82) is 0 Å². The maximum Gasteiger partial charge on any atom is 0.217 e. The molecule has 1 aromatic rings. The molecule has 0 bridgehead atoms. The molecule has 18 heavy (non-hydrogen) atoms. The molecule has 1 amide bonds. The Bertz CT molecular complexity index is 412. The number of carbonyl (C=O) groups is 1. The van der Waals surface area contributed by atoms with Crippen molar-refractivity contribution in [3.05, 3.63) is 35.4 Å². The van der Waals surface area contributed by atoms with E-state index in [0.29, 0.717) is 0 Å². The summed E-state index contributed by atoms with van der Waals surface area (Å²) < 4.78 is 36.2. The number of carbonyl (C=O) groups excluding carboxylic acids is 1. The first kappa shape index (κ1) is 14.5. The third kappa shape index (κ3) is 4.38. The monoisotopic (exact) mass is 259 g/mol. The lowest BCUT2D eigenvalue weighted by Gasteiger charge is -2.18. The fraction of sp³-hybridized carbons (Fsp3) is 0.417. The minimum atomic E-state index is -0.727. The molecule has 1 N–H and O–H groups in total. The summed E-state index contributed by atoms with van der Waals surface area (Å²) in [4.78, 5) is 11.0. The number of hydrogen-bond acceptors (Lipinski definition) is 3. The number of benzene rings is 1. The summed E-state index contributed by atoms with van der Waals surface area (Å²) in [5.41, 5.74) is 0.169. The highest BCUT2D eigenvalue weighted by Gasteiger charge is 2.17. The van der Waals surface area contributed by atoms with Crippen LogP contribution in [-0.4, -0.2) is 26.4 Å². The summed E-state index contributed by atoms with van der Waals surface area (Å²) in [5, 5.41) is 2.53. The van der Waals surface area contributed by atoms with Crippen molar-refractivity contribution in [1.82, 2.24) is 5.32 Å². The van der Waals surface area contributed by atoms with E-state index in [1.165, 1.54) is 20.1 Å². The summed E-state index contributed by atoms with van der Waals surface area (Å²) in [6, 6.07) is 2.49. The Hall–Kier alpha value is -1.53. The van der Waals surface area contributed by atoms with Gasteiger partial charge in [-0.3, -0.25) is 4.79 Å². The van der Waals surface area contributed by atoms with E-state index >= 15 is 0 Å². The van der Waals surface area contributed by atoms with E-state index in [2.05, 4.69) is 5.32 Å². The third-order valence-corrected chi connectivity index (χ3v) is 2.20. The quantitative estimate of drug-likeness (QED) is 0.625. The molecule has 4 nitrogen and oxygen atoms in total. The molecule has 0 unspecified atom stereocenters. The smallest absolute Gasteiger partial charge is 0.217 e. The molecule has 1 rings (SSSR count). The highest BCUT2D eigenvalue weighted by molar-refractivity contribution is 5.73. The normalized spacial score (nSPS) is 12.2. The van der Waals surface area contributed by atoms with Crippen LogP contribution in [0.25, 0.3) is 0 Å². The molecular formula is C12H15F2NO3. The van der Waals surface area contributed by atoms with Gasteiger partial charge in [0.05, 0.1) is 12.6 Å². The Balaban J connectivity index is 2.83. The SMILES string of the molecule is COCOC[C@@H](NC(C)=O)c1ccc(F)cc1F. The van der Waals surface area contributed by atoms with Crippen molar-refractivity contribution in [2.24, 2.45) is 0 Å². The van der Waals surface area contributed by atoms with E-state index in [4.69, 9.17) is 9.47 Å². The molecule has 0 aliphatic carbocycles. The minimum Gasteiger partial charge on any atom is -0.359 e. The molecule has 0 saturated heterocycles. The Morgan fingerprint density at radius 3 is 2.72 bits per heavy atom. The Labute approximate surface area is 104 Å². The Kier molecular flexibility index (Phi) is 5.67. The molecule has 0 heterocycles. The predicted molar refractivity (Wildman–Crippen MR) is 60.7 cm³/mol. The summed E-state index contributed by atoms with van der Waals surface area (Å²) in [7, 11) is 1.45. The molecule has 0 aliphatic heterocycles. The van der Waals surface area contributed by atoms with Gasteiger partial charge < -0.3 is 14.8 Å². The van der Waals surface area contributed by atoms with E-state index in [-0.39, 0.29) is 24.9 Å². The molecule has 100 valence electrons. The van der Waals surface area contributed by atoms with Gasteiger partial charge in [-0.1, -0.05) is 6.07 Å². The number of rotatable bonds is 6. The topological polar surface area (TPSA) is 47.6 Å². The van der Waals surface area contributed by atoms with Crippen LogP contribution in [0.1, 0.15) is 18.5 Å². The zero-order valence-electron chi connectivity index (χ0n) is 10.2. The van der Waals surface area contributed by atoms with Crippen LogP contribution in [0.2, 0.25) is 0 Å². The first-order chi connectivity index (χ1) is 8.54. The molecule has 6 heteroatoms. The second-order valence-electron chi connectivity index (χ2n) is 3.70. The highest BCUT2D eigenvalue weighted by Crippen LogP contribution is 2.18. The number of methoxy groups -OCH3 is 1. The zero-order chi connectivity index (χ0) is 13.5. The van der Waals surface area contributed by atoms with Gasteiger partial charge in [0.25, 0.3) is 0 Å². The molecule has 1 atom stereocenters. The van der Waals surface area contributed by atoms with E-state index in [1.54, 1.807) is 0 Å². The van der Waals surface area contributed by atoms with Crippen LogP contribution >= 0.6 is 0 Å². The van der Waals surface area contributed by atoms with Gasteiger partial charge in [-0.05, 0) is 6.07 Å². The largest absolute Gasteiger partial charge is 0.359 e. The molecule has 0 fully saturated rings. The van der Waals surface area contributed by atoms with E-state index in [9.17, 15) is 13.6 Å². The van der Waals surface area contributed by atoms with Gasteiger partial charge in [-0.2, -0.15) is 0 Å². The van der Waals surface area contributed by atoms with Crippen LogP contribution < -0.4 is 5.32 Å². The molecule has 0 aromatic heterocycles. The average molecular weight is 259 g/mol. The van der Waals surface area contributed by atoms with E-state index in [0.717, 1.165) is 12.1 Å². The van der Waals surface area contributed by atoms with Gasteiger partial charge in [0, 0.05) is 25.7 Å². The maximum atomic E-state index is 13.6. The van der Waals surface area contributed by atoms with Crippen LogP contribution in [0, 0.1) is 11.6 Å². The molecule has 0 aliphatic rings. The molecule has 0 spiro atoms. The highest BCUT2D eigenvalue weighted by atomic mass is 19.1. The average Bonchev–Trinajstić information content (AvgIpc) is 2.27. The first-order valence-corrected chi connectivity index (χ1v) is 5.33. The zero-order valence-corrected chi connectivity index (χ0v) is 10.2. The summed E-state index contributed by atoms with van der Waals surface area (Å²) in [6.07, 6.45) is 0. The standard InChI is InChI=1S/C12H15F2NO3/c1-8(16)15-12(6-18-7-17-2)10-4-3-9(13)5-11(10)14/h3-5,12H,6-7H2,1-2H3,(H,15,16)/t12-/m1/s1. The second kappa shape index (κ2) is 7.03. The van der Waals surface area contributed by atoms with Crippen molar-refractivity contribution in [3.63, 3.8) is 0 Å². The van der Waals surface area contributed by atoms with Gasteiger partial charge in [0.2, 0.25) is 5.91 Å². The van der Waals surface area contributed by atoms with E-state index in [1.807, 2.05) is 0 Å². The van der Waals surface area contributed by atoms with Crippen molar-refractivity contribution >= 4 is 5.91 Å². The minimum absolute atomic E-state index is 0.0267. The lowest BCUT2D eigenvalue weighted by molar-refractivity contribution is -0.120. The van der Waals surface area contributed by atoms with Crippen LogP contribution in [0.4, 0.5) is 8.78 Å². The number of ether oxygens (including phenoxy) is 2. The summed E-state index contributed by atoms with van der Waals surface area (Å²) >= 11 is 0. The third-order valence-electron chi connectivity index (χ3n) is 2.20. The summed E-state index contributed by atoms with van der Waals surface area (Å²) in [6.45, 7) is 1.37. The van der Waals surface area contributed by atoms with Crippen molar-refractivity contribution < 1.29 is 23.0 Å². The van der Waals surface area contributed by atoms with Crippen LogP contribution in [0.3, 0.4) is 0 Å². The fourth-order valence-corrected chi connectivity index (χ4v) is 1.49. The maximum absolute atomic E-state index is 13.6. The first-order valence-electron chi connectivity index (χ1n) is 5.33. The molecule has 0 saturated carbocycles. The molecule has 0 radical (unpaired) electrons. The van der Waals surface area contributed by atoms with Crippen LogP contribution in [0.15, 0.2) is 18.2 Å². The Morgan fingerprint density at radius 1 is 1.44 bits per heavy atom. The second-order valence-corrected chi connectivity index (χ2v) is 3.70. The lowest BCUT2D eigenvalue weighted by atomic mass is 10.1. The molecular weight excluding hydrogens is 244 g/mol.